The van der Waals surface area contributed by atoms with Gasteiger partial charge < -0.3 is 14.2 Å². The van der Waals surface area contributed by atoms with Crippen molar-refractivity contribution in [2.24, 2.45) is 0 Å². The van der Waals surface area contributed by atoms with Gasteiger partial charge in [0.05, 0.1) is 0 Å². The van der Waals surface area contributed by atoms with Crippen LogP contribution in [0.5, 0.6) is 0 Å². The van der Waals surface area contributed by atoms with Gasteiger partial charge in [0.1, 0.15) is 13.2 Å². The molecule has 1 unspecified atom stereocenters. The highest BCUT2D eigenvalue weighted by Crippen LogP contribution is 2.18. The monoisotopic (exact) mass is 987 g/mol. The largest absolute Gasteiger partial charge is 0.462 e. The normalized spacial score (nSPS) is 12.0. The Kier molecular flexibility index (Phi) is 58.1. The van der Waals surface area contributed by atoms with E-state index in [0.29, 0.717) is 19.3 Å². The SMILES string of the molecule is CCCCCCCCCC/C=C\CCCCCCCCCCCC(=O)OCC(COC(=O)CCCCCCCCCCCCCCC)OC(=O)CCCCCCCCCCCCCCCCCCCC. The van der Waals surface area contributed by atoms with Gasteiger partial charge in [0, 0.05) is 19.3 Å². The molecule has 0 rings (SSSR count). The third kappa shape index (κ3) is 57.1. The number of hydrogen-bond acceptors (Lipinski definition) is 6. The Bertz CT molecular complexity index is 1090. The van der Waals surface area contributed by atoms with E-state index in [1.807, 2.05) is 0 Å². The predicted octanol–water partition coefficient (Wildman–Crippen LogP) is 21.3. The first kappa shape index (κ1) is 68.2. The number of esters is 3. The van der Waals surface area contributed by atoms with Crippen molar-refractivity contribution in [2.45, 2.75) is 367 Å². The average Bonchev–Trinajstić information content (AvgIpc) is 3.36. The number of allylic oxidation sites excluding steroid dienone is 2. The van der Waals surface area contributed by atoms with Crippen molar-refractivity contribution in [1.82, 2.24) is 0 Å². The number of ether oxygens (including phenoxy) is 3. The lowest BCUT2D eigenvalue weighted by atomic mass is 10.0. The highest BCUT2D eigenvalue weighted by Gasteiger charge is 2.19. The van der Waals surface area contributed by atoms with Crippen LogP contribution in [-0.4, -0.2) is 37.2 Å². The van der Waals surface area contributed by atoms with Gasteiger partial charge in [-0.25, -0.2) is 0 Å². The van der Waals surface area contributed by atoms with Crippen LogP contribution in [0.2, 0.25) is 0 Å². The molecule has 6 heteroatoms. The molecule has 1 atom stereocenters. The molecule has 0 aliphatic heterocycles. The molecule has 0 bridgehead atoms. The van der Waals surface area contributed by atoms with E-state index in [1.54, 1.807) is 0 Å². The van der Waals surface area contributed by atoms with E-state index in [2.05, 4.69) is 32.9 Å². The van der Waals surface area contributed by atoms with Gasteiger partial charge in [-0.15, -0.1) is 0 Å². The summed E-state index contributed by atoms with van der Waals surface area (Å²) in [5.74, 6) is -0.836. The summed E-state index contributed by atoms with van der Waals surface area (Å²) < 4.78 is 16.9. The fourth-order valence-electron chi connectivity index (χ4n) is 9.74. The molecular formula is C64H122O6. The molecule has 0 saturated carbocycles. The summed E-state index contributed by atoms with van der Waals surface area (Å²) in [6.45, 7) is 6.71. The maximum Gasteiger partial charge on any atom is 0.306 e. The van der Waals surface area contributed by atoms with Gasteiger partial charge in [-0.3, -0.25) is 14.4 Å². The first-order chi connectivity index (χ1) is 34.5. The minimum Gasteiger partial charge on any atom is -0.462 e. The van der Waals surface area contributed by atoms with Gasteiger partial charge in [-0.2, -0.15) is 0 Å². The van der Waals surface area contributed by atoms with E-state index in [1.165, 1.54) is 263 Å². The van der Waals surface area contributed by atoms with Crippen molar-refractivity contribution in [3.8, 4) is 0 Å². The van der Waals surface area contributed by atoms with Crippen molar-refractivity contribution in [2.75, 3.05) is 13.2 Å². The van der Waals surface area contributed by atoms with E-state index in [0.717, 1.165) is 57.8 Å². The zero-order valence-corrected chi connectivity index (χ0v) is 47.6. The van der Waals surface area contributed by atoms with Gasteiger partial charge in [0.25, 0.3) is 0 Å². The molecule has 0 heterocycles. The van der Waals surface area contributed by atoms with Crippen LogP contribution in [0.1, 0.15) is 361 Å². The van der Waals surface area contributed by atoms with Crippen LogP contribution in [0.3, 0.4) is 0 Å². The van der Waals surface area contributed by atoms with Gasteiger partial charge >= 0.3 is 17.9 Å². The van der Waals surface area contributed by atoms with E-state index in [-0.39, 0.29) is 31.1 Å². The molecular weight excluding hydrogens is 865 g/mol. The van der Waals surface area contributed by atoms with Crippen molar-refractivity contribution in [3.05, 3.63) is 12.2 Å². The molecule has 0 radical (unpaired) electrons. The number of carbonyl (C=O) groups excluding carboxylic acids is 3. The second-order valence-electron chi connectivity index (χ2n) is 21.7. The molecule has 0 N–H and O–H groups in total. The molecule has 414 valence electrons. The third-order valence-electron chi connectivity index (χ3n) is 14.5. The van der Waals surface area contributed by atoms with Gasteiger partial charge in [-0.05, 0) is 44.9 Å². The Morgan fingerprint density at radius 1 is 0.271 bits per heavy atom. The first-order valence-electron chi connectivity index (χ1n) is 31.7. The molecule has 0 aliphatic rings. The zero-order valence-electron chi connectivity index (χ0n) is 47.6. The molecule has 0 aromatic heterocycles. The Balaban J connectivity index is 4.27. The molecule has 0 aliphatic carbocycles. The fourth-order valence-corrected chi connectivity index (χ4v) is 9.74. The molecule has 0 amide bonds. The Labute approximate surface area is 437 Å². The van der Waals surface area contributed by atoms with Crippen LogP contribution in [0.25, 0.3) is 0 Å². The maximum absolute atomic E-state index is 12.9. The topological polar surface area (TPSA) is 78.9 Å². The number of hydrogen-bond donors (Lipinski definition) is 0. The Morgan fingerprint density at radius 2 is 0.471 bits per heavy atom. The van der Waals surface area contributed by atoms with E-state index < -0.39 is 6.10 Å². The predicted molar refractivity (Wildman–Crippen MR) is 303 cm³/mol. The standard InChI is InChI=1S/C64H122O6/c1-4-7-10-13-16-19-22-25-27-29-31-32-33-35-36-39-42-45-48-51-54-57-63(66)69-60-61(59-68-62(65)56-53-50-47-44-41-38-24-21-18-15-12-9-6-3)70-64(67)58-55-52-49-46-43-40-37-34-30-28-26-23-20-17-14-11-8-5-2/h29,31,61H,4-28,30,32-60H2,1-3H3/b31-29-. The van der Waals surface area contributed by atoms with Crippen LogP contribution in [0.15, 0.2) is 12.2 Å². The lowest BCUT2D eigenvalue weighted by Crippen LogP contribution is -2.30. The van der Waals surface area contributed by atoms with Gasteiger partial charge in [0.2, 0.25) is 0 Å². The molecule has 0 aromatic carbocycles. The zero-order chi connectivity index (χ0) is 50.7. The smallest absolute Gasteiger partial charge is 0.306 e. The Morgan fingerprint density at radius 3 is 0.714 bits per heavy atom. The number of rotatable bonds is 59. The minimum absolute atomic E-state index is 0.0640. The first-order valence-corrected chi connectivity index (χ1v) is 31.7. The summed E-state index contributed by atoms with van der Waals surface area (Å²) >= 11 is 0. The quantitative estimate of drug-likeness (QED) is 0.0261. The van der Waals surface area contributed by atoms with Gasteiger partial charge in [0.15, 0.2) is 6.10 Å². The van der Waals surface area contributed by atoms with Crippen molar-refractivity contribution in [1.29, 1.82) is 0 Å². The molecule has 0 saturated heterocycles. The summed E-state index contributed by atoms with van der Waals surface area (Å²) in [5, 5.41) is 0. The van der Waals surface area contributed by atoms with E-state index in [4.69, 9.17) is 14.2 Å². The van der Waals surface area contributed by atoms with E-state index >= 15 is 0 Å². The lowest BCUT2D eigenvalue weighted by Gasteiger charge is -2.18. The maximum atomic E-state index is 12.9. The molecule has 0 spiro atoms. The molecule has 6 nitrogen and oxygen atoms in total. The van der Waals surface area contributed by atoms with Crippen LogP contribution in [0, 0.1) is 0 Å². The molecule has 0 aromatic rings. The summed E-state index contributed by atoms with van der Waals surface area (Å²) in [6, 6.07) is 0. The van der Waals surface area contributed by atoms with Crippen molar-refractivity contribution < 1.29 is 28.6 Å². The highest BCUT2D eigenvalue weighted by atomic mass is 16.6. The average molecular weight is 988 g/mol. The van der Waals surface area contributed by atoms with Crippen LogP contribution < -0.4 is 0 Å². The highest BCUT2D eigenvalue weighted by molar-refractivity contribution is 5.71. The Hall–Kier alpha value is -1.85. The third-order valence-corrected chi connectivity index (χ3v) is 14.5. The van der Waals surface area contributed by atoms with Gasteiger partial charge in [-0.1, -0.05) is 309 Å². The fraction of sp³-hybridized carbons (Fsp3) is 0.922. The van der Waals surface area contributed by atoms with Crippen molar-refractivity contribution in [3.63, 3.8) is 0 Å². The van der Waals surface area contributed by atoms with Crippen LogP contribution in [0.4, 0.5) is 0 Å². The van der Waals surface area contributed by atoms with Crippen LogP contribution >= 0.6 is 0 Å². The van der Waals surface area contributed by atoms with Crippen molar-refractivity contribution >= 4 is 17.9 Å². The molecule has 0 fully saturated rings. The second kappa shape index (κ2) is 59.7. The number of unbranched alkanes of at least 4 members (excludes halogenated alkanes) is 46. The molecule has 70 heavy (non-hydrogen) atoms. The minimum atomic E-state index is -0.765. The summed E-state index contributed by atoms with van der Waals surface area (Å²) in [5.41, 5.74) is 0. The summed E-state index contributed by atoms with van der Waals surface area (Å²) in [4.78, 5) is 38.3. The number of carbonyl (C=O) groups is 3. The second-order valence-corrected chi connectivity index (χ2v) is 21.7. The summed E-state index contributed by atoms with van der Waals surface area (Å²) in [7, 11) is 0. The van der Waals surface area contributed by atoms with Crippen LogP contribution in [-0.2, 0) is 28.6 Å². The lowest BCUT2D eigenvalue weighted by molar-refractivity contribution is -0.167. The summed E-state index contributed by atoms with van der Waals surface area (Å²) in [6.07, 6.45) is 69.3. The van der Waals surface area contributed by atoms with E-state index in [9.17, 15) is 14.4 Å².